The van der Waals surface area contributed by atoms with Gasteiger partial charge in [-0.2, -0.15) is 5.10 Å². The zero-order chi connectivity index (χ0) is 13.0. The van der Waals surface area contributed by atoms with Gasteiger partial charge in [0.25, 0.3) is 0 Å². The number of carbonyl (C=O) groups excluding carboxylic acids is 1. The summed E-state index contributed by atoms with van der Waals surface area (Å²) in [6, 6.07) is 2.17. The van der Waals surface area contributed by atoms with Gasteiger partial charge in [-0.1, -0.05) is 13.3 Å². The molecule has 0 bridgehead atoms. The Labute approximate surface area is 107 Å². The molecule has 4 N–H and O–H groups in total. The van der Waals surface area contributed by atoms with Crippen molar-refractivity contribution in [3.63, 3.8) is 0 Å². The lowest BCUT2D eigenvalue weighted by atomic mass is 10.0. The van der Waals surface area contributed by atoms with Crippen molar-refractivity contribution < 1.29 is 4.79 Å². The number of anilines is 1. The molecule has 1 unspecified atom stereocenters. The number of rotatable bonds is 6. The molecule has 1 aliphatic heterocycles. The van der Waals surface area contributed by atoms with Crippen LogP contribution in [0.5, 0.6) is 0 Å². The van der Waals surface area contributed by atoms with E-state index in [1.807, 2.05) is 10.7 Å². The van der Waals surface area contributed by atoms with Gasteiger partial charge in [0.2, 0.25) is 5.91 Å². The van der Waals surface area contributed by atoms with Gasteiger partial charge in [-0.3, -0.25) is 4.79 Å². The van der Waals surface area contributed by atoms with Crippen molar-refractivity contribution in [2.75, 3.05) is 25.0 Å². The Bertz CT molecular complexity index is 399. The zero-order valence-electron chi connectivity index (χ0n) is 10.7. The van der Waals surface area contributed by atoms with E-state index in [2.05, 4.69) is 22.7 Å². The minimum Gasteiger partial charge on any atom is -0.330 e. The molecule has 2 rings (SSSR count). The topological polar surface area (TPSA) is 85.0 Å². The van der Waals surface area contributed by atoms with Crippen LogP contribution in [-0.2, 0) is 4.79 Å². The third-order valence-electron chi connectivity index (χ3n) is 3.32. The van der Waals surface area contributed by atoms with Gasteiger partial charge in [0.1, 0.15) is 5.82 Å². The summed E-state index contributed by atoms with van der Waals surface area (Å²) in [7, 11) is 0. The second kappa shape index (κ2) is 5.97. The van der Waals surface area contributed by atoms with Crippen molar-refractivity contribution in [2.45, 2.75) is 25.8 Å². The van der Waals surface area contributed by atoms with E-state index in [4.69, 9.17) is 5.73 Å². The van der Waals surface area contributed by atoms with Gasteiger partial charge < -0.3 is 16.4 Å². The average molecular weight is 251 g/mol. The maximum absolute atomic E-state index is 12.1. The lowest BCUT2D eigenvalue weighted by Gasteiger charge is -2.29. The van der Waals surface area contributed by atoms with E-state index >= 15 is 0 Å². The van der Waals surface area contributed by atoms with Gasteiger partial charge in [-0.15, -0.1) is 0 Å². The SMILES string of the molecule is CCCC(CN)C(=O)Nc1ccnn1C1CNC1. The maximum atomic E-state index is 12.1. The molecule has 0 aromatic carbocycles. The van der Waals surface area contributed by atoms with Crippen LogP contribution in [0.25, 0.3) is 0 Å². The Morgan fingerprint density at radius 3 is 3.06 bits per heavy atom. The van der Waals surface area contributed by atoms with Gasteiger partial charge >= 0.3 is 0 Å². The number of amides is 1. The summed E-state index contributed by atoms with van der Waals surface area (Å²) in [5, 5.41) is 10.4. The van der Waals surface area contributed by atoms with E-state index < -0.39 is 0 Å². The van der Waals surface area contributed by atoms with E-state index in [0.29, 0.717) is 12.6 Å². The largest absolute Gasteiger partial charge is 0.330 e. The molecule has 1 fully saturated rings. The van der Waals surface area contributed by atoms with Crippen LogP contribution in [0.3, 0.4) is 0 Å². The third-order valence-corrected chi connectivity index (χ3v) is 3.32. The number of carbonyl (C=O) groups is 1. The van der Waals surface area contributed by atoms with E-state index in [1.54, 1.807) is 6.20 Å². The van der Waals surface area contributed by atoms with E-state index in [-0.39, 0.29) is 11.8 Å². The minimum absolute atomic E-state index is 0.00613. The predicted octanol–water partition coefficient (Wildman–Crippen LogP) is 0.341. The fraction of sp³-hybridized carbons (Fsp3) is 0.667. The molecular formula is C12H21N5O. The van der Waals surface area contributed by atoms with Crippen LogP contribution in [0.1, 0.15) is 25.8 Å². The number of nitrogens with two attached hydrogens (primary N) is 1. The highest BCUT2D eigenvalue weighted by atomic mass is 16.2. The maximum Gasteiger partial charge on any atom is 0.229 e. The highest BCUT2D eigenvalue weighted by Gasteiger charge is 2.23. The summed E-state index contributed by atoms with van der Waals surface area (Å²) < 4.78 is 1.87. The highest BCUT2D eigenvalue weighted by Crippen LogP contribution is 2.18. The standard InChI is InChI=1S/C12H21N5O/c1-2-3-9(6-13)12(18)16-11-4-5-15-17(11)10-7-14-8-10/h4-5,9-10,14H,2-3,6-8,13H2,1H3,(H,16,18). The molecule has 0 saturated carbocycles. The van der Waals surface area contributed by atoms with Gasteiger partial charge in [0, 0.05) is 25.7 Å². The molecule has 6 nitrogen and oxygen atoms in total. The number of aromatic nitrogens is 2. The number of hydrogen-bond donors (Lipinski definition) is 3. The second-order valence-electron chi connectivity index (χ2n) is 4.68. The van der Waals surface area contributed by atoms with Crippen molar-refractivity contribution in [1.29, 1.82) is 0 Å². The number of nitrogens with zero attached hydrogens (tertiary/aromatic N) is 2. The van der Waals surface area contributed by atoms with Gasteiger partial charge in [-0.05, 0) is 6.42 Å². The fourth-order valence-corrected chi connectivity index (χ4v) is 2.08. The molecule has 1 saturated heterocycles. The zero-order valence-corrected chi connectivity index (χ0v) is 10.7. The second-order valence-corrected chi connectivity index (χ2v) is 4.68. The summed E-state index contributed by atoms with van der Waals surface area (Å²) in [6.07, 6.45) is 3.49. The fourth-order valence-electron chi connectivity index (χ4n) is 2.08. The van der Waals surface area contributed by atoms with E-state index in [0.717, 1.165) is 31.7 Å². The Morgan fingerprint density at radius 2 is 2.50 bits per heavy atom. The molecule has 1 aromatic heterocycles. The summed E-state index contributed by atoms with van der Waals surface area (Å²) in [5.74, 6) is 0.646. The smallest absolute Gasteiger partial charge is 0.229 e. The van der Waals surface area contributed by atoms with Crippen LogP contribution in [0.15, 0.2) is 12.3 Å². The molecule has 6 heteroatoms. The highest BCUT2D eigenvalue weighted by molar-refractivity contribution is 5.91. The van der Waals surface area contributed by atoms with Crippen LogP contribution in [0.4, 0.5) is 5.82 Å². The molecule has 0 radical (unpaired) electrons. The first-order valence-electron chi connectivity index (χ1n) is 6.51. The molecule has 18 heavy (non-hydrogen) atoms. The molecule has 2 heterocycles. The number of nitrogens with one attached hydrogen (secondary N) is 2. The summed E-state index contributed by atoms with van der Waals surface area (Å²) in [6.45, 7) is 4.25. The van der Waals surface area contributed by atoms with Crippen LogP contribution in [0, 0.1) is 5.92 Å². The van der Waals surface area contributed by atoms with Crippen molar-refractivity contribution in [3.05, 3.63) is 12.3 Å². The quantitative estimate of drug-likeness (QED) is 0.680. The van der Waals surface area contributed by atoms with Crippen LogP contribution >= 0.6 is 0 Å². The lowest BCUT2D eigenvalue weighted by Crippen LogP contribution is -2.44. The predicted molar refractivity (Wildman–Crippen MR) is 70.2 cm³/mol. The Hall–Kier alpha value is -1.40. The molecule has 1 amide bonds. The first-order valence-corrected chi connectivity index (χ1v) is 6.51. The molecule has 0 spiro atoms. The van der Waals surface area contributed by atoms with Crippen LogP contribution < -0.4 is 16.4 Å². The average Bonchev–Trinajstić information content (AvgIpc) is 2.71. The van der Waals surface area contributed by atoms with Crippen molar-refractivity contribution in [3.8, 4) is 0 Å². The normalized spacial score (nSPS) is 17.2. The van der Waals surface area contributed by atoms with Gasteiger partial charge in [0.05, 0.1) is 18.2 Å². The number of hydrogen-bond acceptors (Lipinski definition) is 4. The monoisotopic (exact) mass is 251 g/mol. The summed E-state index contributed by atoms with van der Waals surface area (Å²) in [4.78, 5) is 12.1. The van der Waals surface area contributed by atoms with Crippen LogP contribution in [-0.4, -0.2) is 35.3 Å². The van der Waals surface area contributed by atoms with Gasteiger partial charge in [-0.25, -0.2) is 4.68 Å². The van der Waals surface area contributed by atoms with Crippen molar-refractivity contribution in [1.82, 2.24) is 15.1 Å². The molecule has 1 aliphatic rings. The molecule has 0 aliphatic carbocycles. The Kier molecular flexibility index (Phi) is 4.33. The molecule has 1 aromatic rings. The minimum atomic E-state index is -0.113. The van der Waals surface area contributed by atoms with E-state index in [1.165, 1.54) is 0 Å². The molecular weight excluding hydrogens is 230 g/mol. The van der Waals surface area contributed by atoms with Crippen molar-refractivity contribution in [2.24, 2.45) is 11.7 Å². The first kappa shape index (κ1) is 13.0. The summed E-state index contributed by atoms with van der Waals surface area (Å²) in [5.41, 5.74) is 5.63. The third kappa shape index (κ3) is 2.70. The first-order chi connectivity index (χ1) is 8.76. The van der Waals surface area contributed by atoms with Crippen LogP contribution in [0.2, 0.25) is 0 Å². The van der Waals surface area contributed by atoms with E-state index in [9.17, 15) is 4.79 Å². The molecule has 1 atom stereocenters. The Balaban J connectivity index is 1.99. The van der Waals surface area contributed by atoms with Gasteiger partial charge in [0.15, 0.2) is 0 Å². The molecule has 100 valence electrons. The Morgan fingerprint density at radius 1 is 1.72 bits per heavy atom. The summed E-state index contributed by atoms with van der Waals surface area (Å²) >= 11 is 0. The lowest BCUT2D eigenvalue weighted by molar-refractivity contribution is -0.119. The van der Waals surface area contributed by atoms with Crippen molar-refractivity contribution >= 4 is 11.7 Å².